The van der Waals surface area contributed by atoms with Crippen LogP contribution in [-0.2, 0) is 6.42 Å². The van der Waals surface area contributed by atoms with Gasteiger partial charge in [0.1, 0.15) is 0 Å². The molecular weight excluding hydrogens is 172 g/mol. The van der Waals surface area contributed by atoms with E-state index >= 15 is 0 Å². The second-order valence-electron chi connectivity index (χ2n) is 3.80. The summed E-state index contributed by atoms with van der Waals surface area (Å²) in [5, 5.41) is 0. The van der Waals surface area contributed by atoms with Gasteiger partial charge in [0.05, 0.1) is 6.33 Å². The van der Waals surface area contributed by atoms with E-state index in [1.807, 2.05) is 6.20 Å². The van der Waals surface area contributed by atoms with Crippen LogP contribution in [0.4, 0.5) is 0 Å². The van der Waals surface area contributed by atoms with Gasteiger partial charge in [-0.3, -0.25) is 0 Å². The summed E-state index contributed by atoms with van der Waals surface area (Å²) in [6, 6.07) is 8.70. The highest BCUT2D eigenvalue weighted by atomic mass is 14.9. The molecule has 1 aromatic heterocycles. The third kappa shape index (κ3) is 1.07. The Balaban J connectivity index is 2.06. The highest BCUT2D eigenvalue weighted by molar-refractivity contribution is 5.39. The lowest BCUT2D eigenvalue weighted by atomic mass is 9.99. The second-order valence-corrected chi connectivity index (χ2v) is 3.80. The highest BCUT2D eigenvalue weighted by Crippen LogP contribution is 2.36. The molecule has 14 heavy (non-hydrogen) atoms. The Bertz CT molecular complexity index is 431. The van der Waals surface area contributed by atoms with Crippen LogP contribution in [0.5, 0.6) is 0 Å². The Morgan fingerprint density at radius 3 is 3.07 bits per heavy atom. The summed E-state index contributed by atoms with van der Waals surface area (Å²) < 4.78 is 0. The topological polar surface area (TPSA) is 28.7 Å². The molecule has 3 rings (SSSR count). The van der Waals surface area contributed by atoms with E-state index in [1.165, 1.54) is 29.7 Å². The molecule has 0 saturated carbocycles. The van der Waals surface area contributed by atoms with Gasteiger partial charge in [-0.1, -0.05) is 24.3 Å². The van der Waals surface area contributed by atoms with Crippen LogP contribution in [0.2, 0.25) is 0 Å². The number of hydrogen-bond donors (Lipinski definition) is 1. The van der Waals surface area contributed by atoms with Crippen molar-refractivity contribution in [3.8, 4) is 0 Å². The average Bonchev–Trinajstić information content (AvgIpc) is 2.85. The fraction of sp³-hybridized carbons (Fsp3) is 0.250. The summed E-state index contributed by atoms with van der Waals surface area (Å²) in [4.78, 5) is 7.29. The first-order valence-corrected chi connectivity index (χ1v) is 5.01. The van der Waals surface area contributed by atoms with E-state index in [9.17, 15) is 0 Å². The molecule has 2 aromatic rings. The number of benzene rings is 1. The number of aryl methyl sites for hydroxylation is 1. The predicted molar refractivity (Wildman–Crippen MR) is 55.2 cm³/mol. The quantitative estimate of drug-likeness (QED) is 0.724. The second kappa shape index (κ2) is 2.98. The lowest BCUT2D eigenvalue weighted by molar-refractivity contribution is 0.767. The van der Waals surface area contributed by atoms with Gasteiger partial charge in [-0.2, -0.15) is 0 Å². The molecule has 2 heteroatoms. The normalized spacial score (nSPS) is 19.6. The molecule has 1 aliphatic carbocycles. The Kier molecular flexibility index (Phi) is 1.66. The first-order valence-electron chi connectivity index (χ1n) is 5.01. The third-order valence-electron chi connectivity index (χ3n) is 3.03. The summed E-state index contributed by atoms with van der Waals surface area (Å²) in [5.41, 5.74) is 4.21. The van der Waals surface area contributed by atoms with E-state index in [1.54, 1.807) is 6.33 Å². The van der Waals surface area contributed by atoms with Crippen molar-refractivity contribution in [3.63, 3.8) is 0 Å². The molecule has 0 bridgehead atoms. The van der Waals surface area contributed by atoms with E-state index in [-0.39, 0.29) is 0 Å². The average molecular weight is 184 g/mol. The molecule has 0 saturated heterocycles. The van der Waals surface area contributed by atoms with Gasteiger partial charge in [-0.05, 0) is 24.0 Å². The van der Waals surface area contributed by atoms with Gasteiger partial charge in [-0.25, -0.2) is 4.98 Å². The number of nitrogens with zero attached hydrogens (tertiary/aromatic N) is 1. The number of aromatic nitrogens is 2. The SMILES string of the molecule is c1ccc2c(c1)CCC2c1cnc[nH]1. The standard InChI is InChI=1S/C12H12N2/c1-2-4-10-9(3-1)5-6-11(10)12-7-13-8-14-12/h1-4,7-8,11H,5-6H2,(H,13,14). The third-order valence-corrected chi connectivity index (χ3v) is 3.03. The summed E-state index contributed by atoms with van der Waals surface area (Å²) in [7, 11) is 0. The number of imidazole rings is 1. The van der Waals surface area contributed by atoms with Crippen LogP contribution in [0.15, 0.2) is 36.8 Å². The number of H-pyrrole nitrogens is 1. The maximum atomic E-state index is 4.08. The van der Waals surface area contributed by atoms with Crippen molar-refractivity contribution in [3.05, 3.63) is 53.6 Å². The van der Waals surface area contributed by atoms with Gasteiger partial charge in [-0.15, -0.1) is 0 Å². The minimum absolute atomic E-state index is 0.536. The Morgan fingerprint density at radius 1 is 1.29 bits per heavy atom. The van der Waals surface area contributed by atoms with Crippen molar-refractivity contribution in [2.24, 2.45) is 0 Å². The molecule has 1 heterocycles. The molecule has 1 N–H and O–H groups in total. The zero-order valence-corrected chi connectivity index (χ0v) is 7.90. The maximum Gasteiger partial charge on any atom is 0.0921 e. The predicted octanol–water partition coefficient (Wildman–Crippen LogP) is 2.49. The van der Waals surface area contributed by atoms with Crippen LogP contribution < -0.4 is 0 Å². The van der Waals surface area contributed by atoms with Gasteiger partial charge < -0.3 is 4.98 Å². The largest absolute Gasteiger partial charge is 0.348 e. The van der Waals surface area contributed by atoms with Crippen molar-refractivity contribution >= 4 is 0 Å². The van der Waals surface area contributed by atoms with Crippen LogP contribution in [0.1, 0.15) is 29.2 Å². The molecule has 1 unspecified atom stereocenters. The van der Waals surface area contributed by atoms with Gasteiger partial charge >= 0.3 is 0 Å². The van der Waals surface area contributed by atoms with Gasteiger partial charge in [0, 0.05) is 17.8 Å². The van der Waals surface area contributed by atoms with Gasteiger partial charge in [0.25, 0.3) is 0 Å². The van der Waals surface area contributed by atoms with Crippen LogP contribution in [0.25, 0.3) is 0 Å². The summed E-state index contributed by atoms with van der Waals surface area (Å²) in [6.45, 7) is 0. The van der Waals surface area contributed by atoms with E-state index in [2.05, 4.69) is 34.2 Å². The summed E-state index contributed by atoms with van der Waals surface area (Å²) in [5.74, 6) is 0.536. The molecule has 0 spiro atoms. The zero-order chi connectivity index (χ0) is 9.38. The number of fused-ring (bicyclic) bond motifs is 1. The molecular formula is C12H12N2. The number of hydrogen-bond acceptors (Lipinski definition) is 1. The fourth-order valence-electron chi connectivity index (χ4n) is 2.34. The highest BCUT2D eigenvalue weighted by Gasteiger charge is 2.23. The number of nitrogens with one attached hydrogen (secondary N) is 1. The lowest BCUT2D eigenvalue weighted by Crippen LogP contribution is -1.95. The van der Waals surface area contributed by atoms with Crippen LogP contribution in [0, 0.1) is 0 Å². The van der Waals surface area contributed by atoms with Crippen molar-refractivity contribution < 1.29 is 0 Å². The molecule has 70 valence electrons. The van der Waals surface area contributed by atoms with E-state index in [0.717, 1.165) is 0 Å². The van der Waals surface area contributed by atoms with Crippen molar-refractivity contribution in [1.29, 1.82) is 0 Å². The van der Waals surface area contributed by atoms with E-state index in [4.69, 9.17) is 0 Å². The molecule has 0 radical (unpaired) electrons. The van der Waals surface area contributed by atoms with Crippen molar-refractivity contribution in [2.45, 2.75) is 18.8 Å². The zero-order valence-electron chi connectivity index (χ0n) is 7.90. The number of rotatable bonds is 1. The molecule has 1 aromatic carbocycles. The molecule has 1 aliphatic rings. The molecule has 1 atom stereocenters. The van der Waals surface area contributed by atoms with Crippen LogP contribution in [0.3, 0.4) is 0 Å². The first kappa shape index (κ1) is 7.80. The molecule has 0 aliphatic heterocycles. The molecule has 2 nitrogen and oxygen atoms in total. The Labute approximate surface area is 83.0 Å². The Hall–Kier alpha value is -1.57. The lowest BCUT2D eigenvalue weighted by Gasteiger charge is -2.08. The van der Waals surface area contributed by atoms with Crippen LogP contribution in [-0.4, -0.2) is 9.97 Å². The molecule has 0 fully saturated rings. The summed E-state index contributed by atoms with van der Waals surface area (Å²) >= 11 is 0. The minimum atomic E-state index is 0.536. The monoisotopic (exact) mass is 184 g/mol. The van der Waals surface area contributed by atoms with Crippen molar-refractivity contribution in [2.75, 3.05) is 0 Å². The fourth-order valence-corrected chi connectivity index (χ4v) is 2.34. The van der Waals surface area contributed by atoms with Crippen molar-refractivity contribution in [1.82, 2.24) is 9.97 Å². The smallest absolute Gasteiger partial charge is 0.0921 e. The van der Waals surface area contributed by atoms with Gasteiger partial charge in [0.15, 0.2) is 0 Å². The summed E-state index contributed by atoms with van der Waals surface area (Å²) in [6.07, 6.45) is 6.10. The minimum Gasteiger partial charge on any atom is -0.348 e. The van der Waals surface area contributed by atoms with Crippen LogP contribution >= 0.6 is 0 Å². The van der Waals surface area contributed by atoms with E-state index < -0.39 is 0 Å². The maximum absolute atomic E-state index is 4.08. The molecule has 0 amide bonds. The Morgan fingerprint density at radius 2 is 2.21 bits per heavy atom. The number of aromatic amines is 1. The first-order chi connectivity index (χ1) is 6.95. The van der Waals surface area contributed by atoms with Gasteiger partial charge in [0.2, 0.25) is 0 Å². The van der Waals surface area contributed by atoms with E-state index in [0.29, 0.717) is 5.92 Å².